The number of benzene rings is 6. The summed E-state index contributed by atoms with van der Waals surface area (Å²) in [5.41, 5.74) is 11.8. The van der Waals surface area contributed by atoms with E-state index in [-0.39, 0.29) is 5.97 Å². The number of rotatable bonds is 4. The van der Waals surface area contributed by atoms with Crippen molar-refractivity contribution in [3.05, 3.63) is 149 Å². The molecule has 0 fully saturated rings. The fourth-order valence-corrected chi connectivity index (χ4v) is 5.82. The van der Waals surface area contributed by atoms with E-state index in [0.29, 0.717) is 22.5 Å². The zero-order valence-corrected chi connectivity index (χ0v) is 28.2. The van der Waals surface area contributed by atoms with Crippen LogP contribution >= 0.6 is 15.9 Å². The van der Waals surface area contributed by atoms with Crippen LogP contribution in [0.5, 0.6) is 0 Å². The molecule has 0 bridgehead atoms. The van der Waals surface area contributed by atoms with Crippen LogP contribution in [0.2, 0.25) is 0 Å². The molecule has 0 spiro atoms. The molecular formula is C40H31BrN2O6. The number of para-hydroxylation sites is 6. The van der Waals surface area contributed by atoms with Crippen LogP contribution in [0.3, 0.4) is 0 Å². The molecule has 0 atom stereocenters. The van der Waals surface area contributed by atoms with Gasteiger partial charge in [0.25, 0.3) is 0 Å². The summed E-state index contributed by atoms with van der Waals surface area (Å²) in [5.74, 6) is -0.780. The maximum atomic E-state index is 11.9. The summed E-state index contributed by atoms with van der Waals surface area (Å²) >= 11 is 3.48. The zero-order chi connectivity index (χ0) is 34.3. The van der Waals surface area contributed by atoms with Crippen LogP contribution in [0.4, 0.5) is 17.1 Å². The molecule has 0 aliphatic rings. The Labute approximate surface area is 290 Å². The van der Waals surface area contributed by atoms with Crippen LogP contribution in [-0.2, 0) is 9.47 Å². The number of carbonyl (C=O) groups is 2. The largest absolute Gasteiger partial charge is 0.465 e. The number of anilines is 3. The molecule has 2 heterocycles. The highest BCUT2D eigenvalue weighted by Gasteiger charge is 2.15. The van der Waals surface area contributed by atoms with Gasteiger partial charge in [-0.05, 0) is 64.5 Å². The molecule has 0 radical (unpaired) electrons. The summed E-state index contributed by atoms with van der Waals surface area (Å²) in [7, 11) is 2.70. The van der Waals surface area contributed by atoms with Crippen molar-refractivity contribution < 1.29 is 27.9 Å². The molecular weight excluding hydrogens is 684 g/mol. The van der Waals surface area contributed by atoms with Crippen LogP contribution < -0.4 is 11.1 Å². The lowest BCUT2D eigenvalue weighted by Crippen LogP contribution is -2.05. The van der Waals surface area contributed by atoms with Gasteiger partial charge in [0.05, 0.1) is 41.2 Å². The van der Waals surface area contributed by atoms with E-state index in [0.717, 1.165) is 48.7 Å². The van der Waals surface area contributed by atoms with Crippen molar-refractivity contribution in [2.75, 3.05) is 25.3 Å². The molecule has 0 aliphatic heterocycles. The van der Waals surface area contributed by atoms with Gasteiger partial charge in [0.2, 0.25) is 0 Å². The van der Waals surface area contributed by atoms with Crippen molar-refractivity contribution in [2.24, 2.45) is 0 Å². The number of furan rings is 2. The van der Waals surface area contributed by atoms with Crippen LogP contribution in [-0.4, -0.2) is 26.2 Å². The minimum Gasteiger partial charge on any atom is -0.465 e. The molecule has 8 nitrogen and oxygen atoms in total. The molecule has 0 unspecified atom stereocenters. The van der Waals surface area contributed by atoms with E-state index in [1.165, 1.54) is 19.6 Å². The number of carbonyl (C=O) groups excluding carboxylic acids is 2. The molecule has 8 rings (SSSR count). The topological polar surface area (TPSA) is 117 Å². The van der Waals surface area contributed by atoms with Crippen LogP contribution in [0, 0.1) is 0 Å². The number of nitrogen functional groups attached to an aromatic ring is 1. The van der Waals surface area contributed by atoms with Gasteiger partial charge in [0.15, 0.2) is 5.58 Å². The normalized spacial score (nSPS) is 10.6. The Morgan fingerprint density at radius 2 is 1.02 bits per heavy atom. The van der Waals surface area contributed by atoms with Gasteiger partial charge in [0, 0.05) is 27.2 Å². The first kappa shape index (κ1) is 32.9. The second kappa shape index (κ2) is 14.8. The summed E-state index contributed by atoms with van der Waals surface area (Å²) in [6, 6.07) is 42.0. The first-order valence-corrected chi connectivity index (χ1v) is 16.0. The average Bonchev–Trinajstić information content (AvgIpc) is 3.72. The highest BCUT2D eigenvalue weighted by Crippen LogP contribution is 2.35. The van der Waals surface area contributed by atoms with Gasteiger partial charge in [-0.1, -0.05) is 84.9 Å². The number of hydrogen-bond donors (Lipinski definition) is 2. The van der Waals surface area contributed by atoms with Gasteiger partial charge in [-0.2, -0.15) is 0 Å². The fourth-order valence-electron chi connectivity index (χ4n) is 5.38. The number of hydrogen-bond acceptors (Lipinski definition) is 8. The number of halogens is 1. The summed E-state index contributed by atoms with van der Waals surface area (Å²) < 4.78 is 22.1. The molecule has 0 amide bonds. The standard InChI is InChI=1S/C20H15NO3.C12H7BrO.C8H9NO2/c1-23-20(22)15-8-2-4-10-16(15)21-17-11-6-9-14-13-7-3-5-12-18(13)24-19(14)17;13-10-6-3-5-9-8-4-1-2-7-11(8)14-12(9)10;1-11-8(10)6-4-2-3-5-7(6)9/h2-12,21H,1H3;1-7H;2-5H,9H2,1H3. The minimum absolute atomic E-state index is 0.380. The second-order valence-electron chi connectivity index (χ2n) is 10.7. The van der Waals surface area contributed by atoms with Gasteiger partial charge in [-0.3, -0.25) is 0 Å². The summed E-state index contributed by atoms with van der Waals surface area (Å²) in [4.78, 5) is 22.9. The Bertz CT molecular complexity index is 2430. The van der Waals surface area contributed by atoms with Gasteiger partial charge in [-0.15, -0.1) is 0 Å². The molecule has 0 saturated heterocycles. The van der Waals surface area contributed by atoms with Gasteiger partial charge < -0.3 is 29.4 Å². The molecule has 0 aliphatic carbocycles. The molecule has 3 N–H and O–H groups in total. The monoisotopic (exact) mass is 714 g/mol. The summed E-state index contributed by atoms with van der Waals surface area (Å²) in [5, 5.41) is 7.73. The number of ether oxygens (including phenoxy) is 2. The maximum absolute atomic E-state index is 11.9. The number of nitrogens with one attached hydrogen (secondary N) is 1. The fraction of sp³-hybridized carbons (Fsp3) is 0.0500. The summed E-state index contributed by atoms with van der Waals surface area (Å²) in [6.07, 6.45) is 0. The molecule has 2 aromatic heterocycles. The van der Waals surface area contributed by atoms with E-state index in [2.05, 4.69) is 38.1 Å². The number of esters is 2. The first-order chi connectivity index (χ1) is 23.9. The smallest absolute Gasteiger partial charge is 0.339 e. The Hall–Kier alpha value is -6.06. The molecule has 6 aromatic carbocycles. The van der Waals surface area contributed by atoms with E-state index < -0.39 is 5.97 Å². The molecule has 8 aromatic rings. The number of nitrogens with two attached hydrogens (primary N) is 1. The van der Waals surface area contributed by atoms with Gasteiger partial charge >= 0.3 is 11.9 Å². The van der Waals surface area contributed by atoms with E-state index in [1.54, 1.807) is 36.4 Å². The lowest BCUT2D eigenvalue weighted by atomic mass is 10.1. The average molecular weight is 716 g/mol. The molecule has 0 saturated carbocycles. The third-order valence-corrected chi connectivity index (χ3v) is 8.35. The lowest BCUT2D eigenvalue weighted by Gasteiger charge is -2.10. The summed E-state index contributed by atoms with van der Waals surface area (Å²) in [6.45, 7) is 0. The zero-order valence-electron chi connectivity index (χ0n) is 26.6. The van der Waals surface area contributed by atoms with Gasteiger partial charge in [0.1, 0.15) is 16.7 Å². The Morgan fingerprint density at radius 1 is 0.551 bits per heavy atom. The minimum atomic E-state index is -0.400. The van der Waals surface area contributed by atoms with Crippen LogP contribution in [0.15, 0.2) is 147 Å². The molecule has 244 valence electrons. The highest BCUT2D eigenvalue weighted by atomic mass is 79.9. The third-order valence-electron chi connectivity index (χ3n) is 7.73. The lowest BCUT2D eigenvalue weighted by molar-refractivity contribution is 0.0593. The predicted octanol–water partition coefficient (Wildman–Crippen LogP) is 10.5. The van der Waals surface area contributed by atoms with Crippen molar-refractivity contribution >= 4 is 88.8 Å². The number of methoxy groups -OCH3 is 2. The highest BCUT2D eigenvalue weighted by molar-refractivity contribution is 9.10. The second-order valence-corrected chi connectivity index (χ2v) is 11.6. The van der Waals surface area contributed by atoms with Crippen molar-refractivity contribution in [3.8, 4) is 0 Å². The Kier molecular flexibility index (Phi) is 9.92. The van der Waals surface area contributed by atoms with E-state index in [4.69, 9.17) is 19.3 Å². The predicted molar refractivity (Wildman–Crippen MR) is 198 cm³/mol. The first-order valence-electron chi connectivity index (χ1n) is 15.2. The van der Waals surface area contributed by atoms with Crippen molar-refractivity contribution in [3.63, 3.8) is 0 Å². The van der Waals surface area contributed by atoms with Gasteiger partial charge in [-0.25, -0.2) is 9.59 Å². The Balaban J connectivity index is 0.000000141. The van der Waals surface area contributed by atoms with Crippen LogP contribution in [0.1, 0.15) is 20.7 Å². The quantitative estimate of drug-likeness (QED) is 0.137. The number of fused-ring (bicyclic) bond motifs is 6. The molecule has 49 heavy (non-hydrogen) atoms. The van der Waals surface area contributed by atoms with E-state index >= 15 is 0 Å². The maximum Gasteiger partial charge on any atom is 0.339 e. The van der Waals surface area contributed by atoms with E-state index in [1.807, 2.05) is 84.9 Å². The van der Waals surface area contributed by atoms with E-state index in [9.17, 15) is 9.59 Å². The van der Waals surface area contributed by atoms with Crippen LogP contribution in [0.25, 0.3) is 43.9 Å². The van der Waals surface area contributed by atoms with Crippen molar-refractivity contribution in [2.45, 2.75) is 0 Å². The Morgan fingerprint density at radius 3 is 1.67 bits per heavy atom. The third kappa shape index (κ3) is 6.97. The van der Waals surface area contributed by atoms with Crippen molar-refractivity contribution in [1.29, 1.82) is 0 Å². The molecule has 9 heteroatoms. The SMILES string of the molecule is Brc1cccc2c1oc1ccccc12.COC(=O)c1ccccc1N.COC(=O)c1ccccc1Nc1cccc2c1oc1ccccc12. The van der Waals surface area contributed by atoms with Crippen molar-refractivity contribution in [1.82, 2.24) is 0 Å².